The molecule has 1 amide bonds. The molecule has 0 unspecified atom stereocenters. The minimum atomic E-state index is -0.293. The van der Waals surface area contributed by atoms with Gasteiger partial charge in [0.1, 0.15) is 17.3 Å². The fourth-order valence-corrected chi connectivity index (χ4v) is 4.91. The van der Waals surface area contributed by atoms with E-state index in [0.29, 0.717) is 47.2 Å². The fraction of sp³-hybridized carbons (Fsp3) is 0.321. The first kappa shape index (κ1) is 27.1. The molecule has 0 aliphatic heterocycles. The molecular formula is C28H31FN4O4S. The Hall–Kier alpha value is -3.92. The van der Waals surface area contributed by atoms with Crippen LogP contribution in [-0.2, 0) is 13.0 Å². The Morgan fingerprint density at radius 1 is 1.00 bits per heavy atom. The van der Waals surface area contributed by atoms with Gasteiger partial charge in [-0.15, -0.1) is 11.3 Å². The number of benzene rings is 2. The van der Waals surface area contributed by atoms with Gasteiger partial charge in [0.25, 0.3) is 5.91 Å². The SMILES string of the molecule is COc1cc2nc(N(C)C)c(CN(CCc3ccc(F)cc3)C(=O)c3csc(C)n3)cc2c(OC)c1OC. The second-order valence-corrected chi connectivity index (χ2v) is 9.99. The van der Waals surface area contributed by atoms with Crippen LogP contribution >= 0.6 is 11.3 Å². The third-order valence-electron chi connectivity index (χ3n) is 6.17. The summed E-state index contributed by atoms with van der Waals surface area (Å²) in [4.78, 5) is 26.6. The van der Waals surface area contributed by atoms with E-state index in [0.717, 1.165) is 21.5 Å². The average molecular weight is 539 g/mol. The molecule has 10 heteroatoms. The number of ether oxygens (including phenoxy) is 3. The number of halogens is 1. The van der Waals surface area contributed by atoms with Crippen LogP contribution in [0.25, 0.3) is 10.9 Å². The molecule has 0 atom stereocenters. The first-order valence-electron chi connectivity index (χ1n) is 12.0. The third-order valence-corrected chi connectivity index (χ3v) is 6.95. The molecule has 0 fully saturated rings. The normalized spacial score (nSPS) is 10.9. The lowest BCUT2D eigenvalue weighted by atomic mass is 10.1. The zero-order chi connectivity index (χ0) is 27.4. The van der Waals surface area contributed by atoms with Crippen molar-refractivity contribution >= 4 is 34.0 Å². The first-order valence-corrected chi connectivity index (χ1v) is 12.9. The van der Waals surface area contributed by atoms with E-state index in [1.165, 1.54) is 23.5 Å². The molecule has 0 saturated heterocycles. The number of pyridine rings is 1. The Morgan fingerprint density at radius 2 is 1.71 bits per heavy atom. The number of aromatic nitrogens is 2. The lowest BCUT2D eigenvalue weighted by molar-refractivity contribution is 0.0740. The molecule has 4 rings (SSSR count). The standard InChI is InChI=1S/C28H31FN4O4S/c1-17-30-23(16-38-17)28(34)33(12-11-18-7-9-20(29)10-8-18)15-19-13-21-22(31-27(19)32(2)3)14-24(35-4)26(37-6)25(21)36-5/h7-10,13-14,16H,11-12,15H2,1-6H3. The number of hydrogen-bond donors (Lipinski definition) is 0. The predicted octanol–water partition coefficient (Wildman–Crippen LogP) is 5.12. The Kier molecular flexibility index (Phi) is 8.31. The average Bonchev–Trinajstić information content (AvgIpc) is 3.35. The molecule has 8 nitrogen and oxygen atoms in total. The summed E-state index contributed by atoms with van der Waals surface area (Å²) in [6.07, 6.45) is 0.557. The Bertz CT molecular complexity index is 1440. The fourth-order valence-electron chi connectivity index (χ4n) is 4.32. The molecule has 0 aliphatic carbocycles. The smallest absolute Gasteiger partial charge is 0.273 e. The van der Waals surface area contributed by atoms with E-state index in [-0.39, 0.29) is 18.3 Å². The molecule has 2 heterocycles. The number of anilines is 1. The highest BCUT2D eigenvalue weighted by Crippen LogP contribution is 2.44. The summed E-state index contributed by atoms with van der Waals surface area (Å²) < 4.78 is 30.2. The van der Waals surface area contributed by atoms with Gasteiger partial charge < -0.3 is 24.0 Å². The van der Waals surface area contributed by atoms with E-state index in [1.807, 2.05) is 38.1 Å². The van der Waals surface area contributed by atoms with Gasteiger partial charge in [0, 0.05) is 49.6 Å². The summed E-state index contributed by atoms with van der Waals surface area (Å²) >= 11 is 1.43. The summed E-state index contributed by atoms with van der Waals surface area (Å²) in [6.45, 7) is 2.56. The maximum absolute atomic E-state index is 13.6. The van der Waals surface area contributed by atoms with E-state index >= 15 is 0 Å². The molecule has 38 heavy (non-hydrogen) atoms. The van der Waals surface area contributed by atoms with Crippen molar-refractivity contribution in [2.45, 2.75) is 19.9 Å². The van der Waals surface area contributed by atoms with Crippen molar-refractivity contribution in [3.05, 3.63) is 69.4 Å². The number of aryl methyl sites for hydroxylation is 1. The van der Waals surface area contributed by atoms with E-state index in [2.05, 4.69) is 4.98 Å². The highest BCUT2D eigenvalue weighted by atomic mass is 32.1. The van der Waals surface area contributed by atoms with Gasteiger partial charge in [-0.2, -0.15) is 0 Å². The lowest BCUT2D eigenvalue weighted by Crippen LogP contribution is -2.33. The van der Waals surface area contributed by atoms with Gasteiger partial charge in [-0.3, -0.25) is 4.79 Å². The minimum absolute atomic E-state index is 0.180. The van der Waals surface area contributed by atoms with Gasteiger partial charge in [0.05, 0.1) is 31.9 Å². The van der Waals surface area contributed by atoms with Crippen LogP contribution < -0.4 is 19.1 Å². The highest BCUT2D eigenvalue weighted by molar-refractivity contribution is 7.09. The summed E-state index contributed by atoms with van der Waals surface area (Å²) in [5.41, 5.74) is 2.83. The van der Waals surface area contributed by atoms with E-state index in [4.69, 9.17) is 19.2 Å². The number of thiazole rings is 1. The molecule has 0 bridgehead atoms. The van der Waals surface area contributed by atoms with Gasteiger partial charge >= 0.3 is 0 Å². The summed E-state index contributed by atoms with van der Waals surface area (Å²) in [5.74, 6) is 1.71. The van der Waals surface area contributed by atoms with Crippen LogP contribution in [0.4, 0.5) is 10.2 Å². The molecule has 2 aromatic heterocycles. The quantitative estimate of drug-likeness (QED) is 0.278. The number of carbonyl (C=O) groups excluding carboxylic acids is 1. The van der Waals surface area contributed by atoms with Crippen LogP contribution in [0, 0.1) is 12.7 Å². The molecule has 0 N–H and O–H groups in total. The van der Waals surface area contributed by atoms with Crippen molar-refractivity contribution in [2.24, 2.45) is 0 Å². The lowest BCUT2D eigenvalue weighted by Gasteiger charge is -2.26. The second-order valence-electron chi connectivity index (χ2n) is 8.93. The first-order chi connectivity index (χ1) is 18.2. The van der Waals surface area contributed by atoms with Crippen LogP contribution in [0.2, 0.25) is 0 Å². The van der Waals surface area contributed by atoms with Crippen molar-refractivity contribution in [3.8, 4) is 17.2 Å². The van der Waals surface area contributed by atoms with Crippen molar-refractivity contribution in [1.29, 1.82) is 0 Å². The third kappa shape index (κ3) is 5.65. The number of amides is 1. The Labute approximate surface area is 225 Å². The van der Waals surface area contributed by atoms with Crippen LogP contribution in [0.5, 0.6) is 17.2 Å². The zero-order valence-electron chi connectivity index (χ0n) is 22.4. The molecule has 0 saturated carbocycles. The van der Waals surface area contributed by atoms with Crippen molar-refractivity contribution in [1.82, 2.24) is 14.9 Å². The van der Waals surface area contributed by atoms with Crippen LogP contribution in [0.15, 0.2) is 41.8 Å². The summed E-state index contributed by atoms with van der Waals surface area (Å²) in [5, 5.41) is 3.33. The monoisotopic (exact) mass is 538 g/mol. The van der Waals surface area contributed by atoms with Gasteiger partial charge in [-0.05, 0) is 37.1 Å². The predicted molar refractivity (Wildman–Crippen MR) is 147 cm³/mol. The molecule has 0 radical (unpaired) electrons. The molecule has 0 aliphatic rings. The number of methoxy groups -OCH3 is 3. The number of fused-ring (bicyclic) bond motifs is 1. The van der Waals surface area contributed by atoms with Gasteiger partial charge in [0.2, 0.25) is 5.75 Å². The molecular weight excluding hydrogens is 507 g/mol. The van der Waals surface area contributed by atoms with Gasteiger partial charge in [0.15, 0.2) is 11.5 Å². The van der Waals surface area contributed by atoms with Crippen LogP contribution in [0.1, 0.15) is 26.6 Å². The maximum Gasteiger partial charge on any atom is 0.273 e. The van der Waals surface area contributed by atoms with Crippen LogP contribution in [-0.4, -0.2) is 62.7 Å². The largest absolute Gasteiger partial charge is 0.493 e. The van der Waals surface area contributed by atoms with E-state index in [9.17, 15) is 9.18 Å². The topological polar surface area (TPSA) is 77.0 Å². The van der Waals surface area contributed by atoms with Crippen LogP contribution in [0.3, 0.4) is 0 Å². The Balaban J connectivity index is 1.78. The zero-order valence-corrected chi connectivity index (χ0v) is 23.2. The molecule has 0 spiro atoms. The van der Waals surface area contributed by atoms with Gasteiger partial charge in [-0.1, -0.05) is 12.1 Å². The molecule has 4 aromatic rings. The number of nitrogens with zero attached hydrogens (tertiary/aromatic N) is 4. The Morgan fingerprint density at radius 3 is 2.29 bits per heavy atom. The van der Waals surface area contributed by atoms with Gasteiger partial charge in [-0.25, -0.2) is 14.4 Å². The number of rotatable bonds is 10. The maximum atomic E-state index is 13.6. The van der Waals surface area contributed by atoms with Crippen molar-refractivity contribution in [2.75, 3.05) is 46.9 Å². The second kappa shape index (κ2) is 11.6. The van der Waals surface area contributed by atoms with Crippen molar-refractivity contribution in [3.63, 3.8) is 0 Å². The minimum Gasteiger partial charge on any atom is -0.493 e. The number of hydrogen-bond acceptors (Lipinski definition) is 8. The molecule has 200 valence electrons. The van der Waals surface area contributed by atoms with E-state index in [1.54, 1.807) is 43.7 Å². The number of carbonyl (C=O) groups is 1. The summed E-state index contributed by atoms with van der Waals surface area (Å²) in [7, 11) is 8.50. The van der Waals surface area contributed by atoms with E-state index < -0.39 is 0 Å². The summed E-state index contributed by atoms with van der Waals surface area (Å²) in [6, 6.07) is 10.1. The molecule has 2 aromatic carbocycles. The van der Waals surface area contributed by atoms with Crippen molar-refractivity contribution < 1.29 is 23.4 Å². The highest BCUT2D eigenvalue weighted by Gasteiger charge is 2.24.